The Balaban J connectivity index is 1.83. The molecule has 1 aliphatic rings. The SMILES string of the molecule is CCS(=O)(=O)c1ncc(CN2CCCCC2CCOC)n1CCc1ccccc1. The van der Waals surface area contributed by atoms with Gasteiger partial charge in [0.05, 0.1) is 17.6 Å². The number of rotatable bonds is 10. The van der Waals surface area contributed by atoms with Crippen molar-refractivity contribution in [2.24, 2.45) is 0 Å². The van der Waals surface area contributed by atoms with E-state index in [1.165, 1.54) is 24.8 Å². The van der Waals surface area contributed by atoms with Crippen LogP contribution in [0.15, 0.2) is 41.7 Å². The zero-order chi connectivity index (χ0) is 20.7. The van der Waals surface area contributed by atoms with E-state index >= 15 is 0 Å². The molecule has 0 spiro atoms. The fraction of sp³-hybridized carbons (Fsp3) is 0.591. The molecule has 1 unspecified atom stereocenters. The molecule has 1 aromatic carbocycles. The third kappa shape index (κ3) is 5.68. The molecular formula is C22H33N3O3S. The van der Waals surface area contributed by atoms with Gasteiger partial charge in [0, 0.05) is 32.8 Å². The number of ether oxygens (including phenoxy) is 1. The normalized spacial score (nSPS) is 18.2. The Kier molecular flexibility index (Phi) is 7.86. The molecule has 0 bridgehead atoms. The number of imidazole rings is 1. The van der Waals surface area contributed by atoms with Gasteiger partial charge in [-0.25, -0.2) is 13.4 Å². The van der Waals surface area contributed by atoms with Crippen molar-refractivity contribution in [1.29, 1.82) is 0 Å². The number of hydrogen-bond acceptors (Lipinski definition) is 5. The predicted molar refractivity (Wildman–Crippen MR) is 115 cm³/mol. The van der Waals surface area contributed by atoms with Crippen LogP contribution in [-0.2, 0) is 34.1 Å². The zero-order valence-corrected chi connectivity index (χ0v) is 18.4. The molecule has 7 heteroatoms. The summed E-state index contributed by atoms with van der Waals surface area (Å²) >= 11 is 0. The van der Waals surface area contributed by atoms with E-state index in [-0.39, 0.29) is 10.9 Å². The molecule has 3 rings (SSSR count). The molecule has 6 nitrogen and oxygen atoms in total. The highest BCUT2D eigenvalue weighted by Gasteiger charge is 2.26. The van der Waals surface area contributed by atoms with Crippen LogP contribution in [0, 0.1) is 0 Å². The van der Waals surface area contributed by atoms with Gasteiger partial charge < -0.3 is 9.30 Å². The van der Waals surface area contributed by atoms with E-state index in [1.807, 2.05) is 22.8 Å². The van der Waals surface area contributed by atoms with E-state index in [4.69, 9.17) is 4.74 Å². The lowest BCUT2D eigenvalue weighted by atomic mass is 9.99. The van der Waals surface area contributed by atoms with Crippen molar-refractivity contribution in [2.45, 2.75) is 63.3 Å². The molecule has 160 valence electrons. The molecule has 0 radical (unpaired) electrons. The second kappa shape index (κ2) is 10.4. The van der Waals surface area contributed by atoms with Crippen LogP contribution < -0.4 is 0 Å². The average molecular weight is 420 g/mol. The van der Waals surface area contributed by atoms with E-state index < -0.39 is 9.84 Å². The maximum absolute atomic E-state index is 12.6. The molecule has 1 aliphatic heterocycles. The van der Waals surface area contributed by atoms with Crippen molar-refractivity contribution in [3.8, 4) is 0 Å². The predicted octanol–water partition coefficient (Wildman–Crippen LogP) is 3.31. The summed E-state index contributed by atoms with van der Waals surface area (Å²) in [6, 6.07) is 10.7. The highest BCUT2D eigenvalue weighted by atomic mass is 32.2. The van der Waals surface area contributed by atoms with Crippen LogP contribution in [0.4, 0.5) is 0 Å². The fourth-order valence-corrected chi connectivity index (χ4v) is 5.09. The van der Waals surface area contributed by atoms with Gasteiger partial charge in [-0.2, -0.15) is 0 Å². The van der Waals surface area contributed by atoms with Crippen molar-refractivity contribution in [3.63, 3.8) is 0 Å². The van der Waals surface area contributed by atoms with Gasteiger partial charge >= 0.3 is 0 Å². The number of benzene rings is 1. The highest BCUT2D eigenvalue weighted by Crippen LogP contribution is 2.24. The number of likely N-dealkylation sites (tertiary alicyclic amines) is 1. The Labute approximate surface area is 174 Å². The van der Waals surface area contributed by atoms with Gasteiger partial charge in [-0.15, -0.1) is 0 Å². The van der Waals surface area contributed by atoms with E-state index in [9.17, 15) is 8.42 Å². The number of hydrogen-bond donors (Lipinski definition) is 0. The summed E-state index contributed by atoms with van der Waals surface area (Å²) < 4.78 is 32.5. The van der Waals surface area contributed by atoms with Gasteiger partial charge in [0.25, 0.3) is 0 Å². The Bertz CT molecular complexity index is 865. The number of aryl methyl sites for hydroxylation is 1. The first-order valence-corrected chi connectivity index (χ1v) is 12.2. The number of piperidine rings is 1. The molecule has 0 aliphatic carbocycles. The number of nitrogens with zero attached hydrogens (tertiary/aromatic N) is 3. The molecule has 1 saturated heterocycles. The first kappa shape index (κ1) is 22.0. The standard InChI is InChI=1S/C22H33N3O3S/c1-3-29(26,27)22-23-17-21(25(22)15-12-19-9-5-4-6-10-19)18-24-14-8-7-11-20(24)13-16-28-2/h4-6,9-10,17,20H,3,7-8,11-16,18H2,1-2H3. The Morgan fingerprint density at radius 2 is 2.00 bits per heavy atom. The summed E-state index contributed by atoms with van der Waals surface area (Å²) in [6.45, 7) is 4.81. The zero-order valence-electron chi connectivity index (χ0n) is 17.6. The molecule has 0 saturated carbocycles. The van der Waals surface area contributed by atoms with Gasteiger partial charge in [0.1, 0.15) is 0 Å². The van der Waals surface area contributed by atoms with E-state index in [0.717, 1.165) is 38.2 Å². The van der Waals surface area contributed by atoms with Crippen LogP contribution in [-0.4, -0.2) is 54.9 Å². The summed E-state index contributed by atoms with van der Waals surface area (Å²) in [5.41, 5.74) is 2.18. The van der Waals surface area contributed by atoms with E-state index in [1.54, 1.807) is 20.2 Å². The van der Waals surface area contributed by atoms with Crippen molar-refractivity contribution in [1.82, 2.24) is 14.5 Å². The quantitative estimate of drug-likeness (QED) is 0.591. The first-order chi connectivity index (χ1) is 14.0. The smallest absolute Gasteiger partial charge is 0.227 e. The molecule has 29 heavy (non-hydrogen) atoms. The molecule has 0 N–H and O–H groups in total. The summed E-state index contributed by atoms with van der Waals surface area (Å²) in [5.74, 6) is 0.0645. The molecule has 1 fully saturated rings. The van der Waals surface area contributed by atoms with Crippen molar-refractivity contribution < 1.29 is 13.2 Å². The minimum atomic E-state index is -3.37. The van der Waals surface area contributed by atoms with Crippen molar-refractivity contribution >= 4 is 9.84 Å². The second-order valence-corrected chi connectivity index (χ2v) is 9.90. The lowest BCUT2D eigenvalue weighted by molar-refractivity contribution is 0.0952. The summed E-state index contributed by atoms with van der Waals surface area (Å²) in [7, 11) is -1.62. The van der Waals surface area contributed by atoms with Crippen LogP contribution in [0.5, 0.6) is 0 Å². The fourth-order valence-electron chi connectivity index (χ4n) is 4.08. The lowest BCUT2D eigenvalue weighted by Crippen LogP contribution is -2.40. The van der Waals surface area contributed by atoms with Gasteiger partial charge in [-0.1, -0.05) is 43.7 Å². The molecular weight excluding hydrogens is 386 g/mol. The van der Waals surface area contributed by atoms with Crippen LogP contribution in [0.2, 0.25) is 0 Å². The topological polar surface area (TPSA) is 64.4 Å². The van der Waals surface area contributed by atoms with Crippen LogP contribution in [0.1, 0.15) is 43.9 Å². The van der Waals surface area contributed by atoms with Gasteiger partial charge in [0.2, 0.25) is 15.0 Å². The largest absolute Gasteiger partial charge is 0.385 e. The molecule has 0 amide bonds. The van der Waals surface area contributed by atoms with Crippen molar-refractivity contribution in [2.75, 3.05) is 26.0 Å². The third-order valence-corrected chi connectivity index (χ3v) is 7.44. The van der Waals surface area contributed by atoms with Crippen LogP contribution >= 0.6 is 0 Å². The van der Waals surface area contributed by atoms with Crippen LogP contribution in [0.25, 0.3) is 0 Å². The average Bonchev–Trinajstić information content (AvgIpc) is 3.15. The molecule has 2 aromatic rings. The number of sulfone groups is 1. The summed E-state index contributed by atoms with van der Waals surface area (Å²) in [5, 5.41) is 0.205. The Morgan fingerprint density at radius 1 is 1.21 bits per heavy atom. The molecule has 1 aromatic heterocycles. The third-order valence-electron chi connectivity index (χ3n) is 5.80. The summed E-state index contributed by atoms with van der Waals surface area (Å²) in [6.07, 6.45) is 7.14. The van der Waals surface area contributed by atoms with Gasteiger partial charge in [-0.3, -0.25) is 4.90 Å². The van der Waals surface area contributed by atoms with Crippen LogP contribution in [0.3, 0.4) is 0 Å². The summed E-state index contributed by atoms with van der Waals surface area (Å²) in [4.78, 5) is 6.82. The monoisotopic (exact) mass is 419 g/mol. The first-order valence-electron chi connectivity index (χ1n) is 10.6. The maximum atomic E-state index is 12.6. The maximum Gasteiger partial charge on any atom is 0.227 e. The highest BCUT2D eigenvalue weighted by molar-refractivity contribution is 7.91. The Morgan fingerprint density at radius 3 is 2.72 bits per heavy atom. The van der Waals surface area contributed by atoms with E-state index in [0.29, 0.717) is 12.6 Å². The van der Waals surface area contributed by atoms with Crippen molar-refractivity contribution in [3.05, 3.63) is 47.8 Å². The number of aromatic nitrogens is 2. The van der Waals surface area contributed by atoms with Gasteiger partial charge in [0.15, 0.2) is 0 Å². The molecule has 1 atom stereocenters. The number of methoxy groups -OCH3 is 1. The lowest BCUT2D eigenvalue weighted by Gasteiger charge is -2.35. The molecule has 2 heterocycles. The van der Waals surface area contributed by atoms with E-state index in [2.05, 4.69) is 22.0 Å². The minimum absolute atomic E-state index is 0.0645. The second-order valence-electron chi connectivity index (χ2n) is 7.72. The minimum Gasteiger partial charge on any atom is -0.385 e. The van der Waals surface area contributed by atoms with Gasteiger partial charge in [-0.05, 0) is 37.8 Å². The Hall–Kier alpha value is -1.70.